The van der Waals surface area contributed by atoms with E-state index in [1.807, 2.05) is 0 Å². The maximum Gasteiger partial charge on any atom is 0.416 e. The Kier molecular flexibility index (Phi) is 4.92. The van der Waals surface area contributed by atoms with Crippen molar-refractivity contribution in [2.24, 2.45) is 5.73 Å². The largest absolute Gasteiger partial charge is 0.491 e. The Bertz CT molecular complexity index is 1010. The number of cyclic esters (lactones) is 1. The molecular formula is C18H18ClF2N5O4. The molecule has 3 heterocycles. The fourth-order valence-corrected chi connectivity index (χ4v) is 3.47. The van der Waals surface area contributed by atoms with Gasteiger partial charge in [-0.25, -0.2) is 14.7 Å². The van der Waals surface area contributed by atoms with Gasteiger partial charge in [-0.3, -0.25) is 4.79 Å². The number of amides is 2. The summed E-state index contributed by atoms with van der Waals surface area (Å²) in [6.45, 7) is 1.75. The van der Waals surface area contributed by atoms with E-state index < -0.39 is 36.1 Å². The number of nitrogens with one attached hydrogen (secondary N) is 1. The highest BCUT2D eigenvalue weighted by Gasteiger charge is 2.50. The fraction of sp³-hybridized carbons (Fsp3) is 0.389. The first-order chi connectivity index (χ1) is 14.1. The van der Waals surface area contributed by atoms with Gasteiger partial charge in [-0.1, -0.05) is 0 Å². The monoisotopic (exact) mass is 441 g/mol. The number of nitrogens with zero attached hydrogens (tertiary/aromatic N) is 3. The molecule has 0 radical (unpaired) electrons. The average Bonchev–Trinajstić information content (AvgIpc) is 3.21. The Morgan fingerprint density at radius 1 is 1.43 bits per heavy atom. The van der Waals surface area contributed by atoms with Crippen molar-refractivity contribution in [2.45, 2.75) is 30.9 Å². The molecule has 0 aliphatic carbocycles. The second-order valence-electron chi connectivity index (χ2n) is 6.95. The van der Waals surface area contributed by atoms with E-state index in [-0.39, 0.29) is 12.4 Å². The standard InChI is InChI=1S/C18H18ClF2N5O4/c1-9(15(22)27)23-10-2-3-11-12(6-10)29-5-4-25-7-14(24-16(11)25)26-13(18(19,20)21)8-30-17(26)28/h2-3,6-7,9,13,23H,4-5,8H2,1H3,(H2,22,27)/t9-,13?/m0/s1. The van der Waals surface area contributed by atoms with Crippen molar-refractivity contribution < 1.29 is 27.8 Å². The maximum absolute atomic E-state index is 13.7. The Morgan fingerprint density at radius 3 is 2.90 bits per heavy atom. The summed E-state index contributed by atoms with van der Waals surface area (Å²) in [7, 11) is 0. The van der Waals surface area contributed by atoms with Crippen LogP contribution in [0.15, 0.2) is 24.4 Å². The Balaban J connectivity index is 1.69. The van der Waals surface area contributed by atoms with Gasteiger partial charge in [0.1, 0.15) is 30.8 Å². The van der Waals surface area contributed by atoms with E-state index in [0.29, 0.717) is 29.4 Å². The number of aromatic nitrogens is 2. The van der Waals surface area contributed by atoms with Gasteiger partial charge in [0.15, 0.2) is 11.9 Å². The zero-order valence-electron chi connectivity index (χ0n) is 15.8. The van der Waals surface area contributed by atoms with Crippen LogP contribution in [-0.4, -0.2) is 52.2 Å². The van der Waals surface area contributed by atoms with Crippen LogP contribution in [0.25, 0.3) is 11.4 Å². The molecule has 1 saturated heterocycles. The molecule has 0 spiro atoms. The van der Waals surface area contributed by atoms with E-state index in [2.05, 4.69) is 10.3 Å². The lowest BCUT2D eigenvalue weighted by Gasteiger charge is -2.22. The van der Waals surface area contributed by atoms with E-state index in [0.717, 1.165) is 4.90 Å². The number of rotatable bonds is 5. The number of carbonyl (C=O) groups excluding carboxylic acids is 2. The third kappa shape index (κ3) is 3.60. The number of nitrogens with two attached hydrogens (primary N) is 1. The zero-order chi connectivity index (χ0) is 21.6. The quantitative estimate of drug-likeness (QED) is 0.689. The molecule has 2 amide bonds. The fourth-order valence-electron chi connectivity index (χ4n) is 3.31. The molecule has 3 N–H and O–H groups in total. The molecule has 2 aliphatic rings. The first-order valence-corrected chi connectivity index (χ1v) is 9.46. The lowest BCUT2D eigenvalue weighted by Crippen LogP contribution is -2.44. The SMILES string of the molecule is C[C@H](Nc1ccc2c(c1)OCCn1cc(N3C(=O)OCC3C(F)(F)Cl)nc1-2)C(N)=O. The molecule has 9 nitrogen and oxygen atoms in total. The highest BCUT2D eigenvalue weighted by Crippen LogP contribution is 2.39. The molecule has 0 saturated carbocycles. The number of imidazole rings is 1. The van der Waals surface area contributed by atoms with Crippen molar-refractivity contribution in [3.63, 3.8) is 0 Å². The van der Waals surface area contributed by atoms with Crippen LogP contribution >= 0.6 is 11.6 Å². The van der Waals surface area contributed by atoms with Crippen molar-refractivity contribution in [1.82, 2.24) is 9.55 Å². The van der Waals surface area contributed by atoms with Gasteiger partial charge in [0.05, 0.1) is 12.1 Å². The summed E-state index contributed by atoms with van der Waals surface area (Å²) >= 11 is 5.16. The number of hydrogen-bond acceptors (Lipinski definition) is 6. The second-order valence-corrected chi connectivity index (χ2v) is 7.45. The maximum atomic E-state index is 13.7. The topological polar surface area (TPSA) is 112 Å². The lowest BCUT2D eigenvalue weighted by molar-refractivity contribution is -0.118. The van der Waals surface area contributed by atoms with Crippen LogP contribution in [0.4, 0.5) is 25.1 Å². The number of ether oxygens (including phenoxy) is 2. The molecule has 1 aromatic carbocycles. The molecule has 2 atom stereocenters. The van der Waals surface area contributed by atoms with E-state index >= 15 is 0 Å². The molecule has 1 unspecified atom stereocenters. The molecular weight excluding hydrogens is 424 g/mol. The Labute approximate surface area is 174 Å². The highest BCUT2D eigenvalue weighted by atomic mass is 35.5. The van der Waals surface area contributed by atoms with E-state index in [4.69, 9.17) is 26.8 Å². The van der Waals surface area contributed by atoms with Gasteiger partial charge in [-0.05, 0) is 30.7 Å². The van der Waals surface area contributed by atoms with Gasteiger partial charge in [-0.15, -0.1) is 0 Å². The molecule has 2 aromatic rings. The van der Waals surface area contributed by atoms with Crippen molar-refractivity contribution in [3.8, 4) is 17.1 Å². The van der Waals surface area contributed by atoms with Crippen molar-refractivity contribution in [2.75, 3.05) is 23.4 Å². The van der Waals surface area contributed by atoms with Gasteiger partial charge < -0.3 is 25.1 Å². The van der Waals surface area contributed by atoms with Crippen molar-refractivity contribution in [1.29, 1.82) is 0 Å². The Morgan fingerprint density at radius 2 is 2.20 bits per heavy atom. The molecule has 0 bridgehead atoms. The lowest BCUT2D eigenvalue weighted by atomic mass is 10.1. The van der Waals surface area contributed by atoms with Crippen LogP contribution in [0.1, 0.15) is 6.92 Å². The van der Waals surface area contributed by atoms with Gasteiger partial charge in [0.25, 0.3) is 0 Å². The number of fused-ring (bicyclic) bond motifs is 3. The Hall–Kier alpha value is -3.08. The second kappa shape index (κ2) is 7.31. The van der Waals surface area contributed by atoms with Crippen molar-refractivity contribution >= 4 is 35.1 Å². The molecule has 30 heavy (non-hydrogen) atoms. The van der Waals surface area contributed by atoms with E-state index in [1.54, 1.807) is 29.7 Å². The first kappa shape index (κ1) is 20.2. The summed E-state index contributed by atoms with van der Waals surface area (Å²) in [5.41, 5.74) is 6.49. The number of alkyl halides is 3. The number of benzene rings is 1. The first-order valence-electron chi connectivity index (χ1n) is 9.08. The average molecular weight is 442 g/mol. The summed E-state index contributed by atoms with van der Waals surface area (Å²) in [6, 6.07) is 2.88. The summed E-state index contributed by atoms with van der Waals surface area (Å²) in [4.78, 5) is 28.5. The minimum Gasteiger partial charge on any atom is -0.491 e. The zero-order valence-corrected chi connectivity index (χ0v) is 16.5. The van der Waals surface area contributed by atoms with E-state index in [1.165, 1.54) is 6.20 Å². The molecule has 12 heteroatoms. The van der Waals surface area contributed by atoms with Crippen LogP contribution < -0.4 is 20.7 Å². The minimum atomic E-state index is -3.67. The molecule has 1 fully saturated rings. The summed E-state index contributed by atoms with van der Waals surface area (Å²) < 4.78 is 39.7. The molecule has 1 aromatic heterocycles. The number of anilines is 2. The predicted molar refractivity (Wildman–Crippen MR) is 104 cm³/mol. The molecule has 4 rings (SSSR count). The summed E-state index contributed by atoms with van der Waals surface area (Å²) in [5.74, 6) is 0.420. The number of primary amides is 1. The van der Waals surface area contributed by atoms with Crippen LogP contribution in [0, 0.1) is 0 Å². The third-order valence-corrected chi connectivity index (χ3v) is 5.14. The molecule has 160 valence electrons. The van der Waals surface area contributed by atoms with Gasteiger partial charge in [0, 0.05) is 18.0 Å². The van der Waals surface area contributed by atoms with Crippen LogP contribution in [-0.2, 0) is 16.1 Å². The van der Waals surface area contributed by atoms with E-state index in [9.17, 15) is 18.4 Å². The normalized spacial score (nSPS) is 19.3. The predicted octanol–water partition coefficient (Wildman–Crippen LogP) is 2.38. The highest BCUT2D eigenvalue weighted by molar-refractivity contribution is 6.22. The number of carbonyl (C=O) groups is 2. The summed E-state index contributed by atoms with van der Waals surface area (Å²) in [5, 5.41) is -0.710. The number of hydrogen-bond donors (Lipinski definition) is 2. The minimum absolute atomic E-state index is 0.00947. The number of halogens is 3. The molecule has 2 aliphatic heterocycles. The summed E-state index contributed by atoms with van der Waals surface area (Å²) in [6.07, 6.45) is 0.544. The van der Waals surface area contributed by atoms with Crippen LogP contribution in [0.5, 0.6) is 5.75 Å². The smallest absolute Gasteiger partial charge is 0.416 e. The third-order valence-electron chi connectivity index (χ3n) is 4.88. The van der Waals surface area contributed by atoms with Gasteiger partial charge >= 0.3 is 11.5 Å². The van der Waals surface area contributed by atoms with Crippen molar-refractivity contribution in [3.05, 3.63) is 24.4 Å². The van der Waals surface area contributed by atoms with Crippen LogP contribution in [0.2, 0.25) is 0 Å². The van der Waals surface area contributed by atoms with Gasteiger partial charge in [-0.2, -0.15) is 8.78 Å². The van der Waals surface area contributed by atoms with Crippen LogP contribution in [0.3, 0.4) is 0 Å². The van der Waals surface area contributed by atoms with Gasteiger partial charge in [0.2, 0.25) is 5.91 Å².